The van der Waals surface area contributed by atoms with Crippen LogP contribution in [0.25, 0.3) is 0 Å². The molecule has 1 aliphatic rings. The molecule has 6 nitrogen and oxygen atoms in total. The molecule has 0 aromatic carbocycles. The van der Waals surface area contributed by atoms with E-state index in [1.54, 1.807) is 0 Å². The quantitative estimate of drug-likeness (QED) is 0.826. The van der Waals surface area contributed by atoms with Crippen molar-refractivity contribution in [3.05, 3.63) is 11.7 Å². The van der Waals surface area contributed by atoms with Crippen LogP contribution in [0.1, 0.15) is 31.0 Å². The third-order valence-corrected chi connectivity index (χ3v) is 5.24. The minimum absolute atomic E-state index is 0.0410. The summed E-state index contributed by atoms with van der Waals surface area (Å²) in [6.45, 7) is -0.0410. The number of aliphatic hydroxyl groups excluding tert-OH is 1. The van der Waals surface area contributed by atoms with E-state index in [4.69, 9.17) is 9.63 Å². The van der Waals surface area contributed by atoms with Gasteiger partial charge < -0.3 is 9.63 Å². The summed E-state index contributed by atoms with van der Waals surface area (Å²) in [5, 5.41) is 12.0. The first-order valence-corrected chi connectivity index (χ1v) is 7.47. The third-order valence-electron chi connectivity index (χ3n) is 2.96. The van der Waals surface area contributed by atoms with E-state index in [2.05, 4.69) is 10.1 Å². The standard InChI is InChI=1S/C10H16N2O4S/c13-5-4-9-11-10(16-12-9)7-8-3-1-2-6-17(8,14)15/h8,13H,1-7H2. The third kappa shape index (κ3) is 3.04. The van der Waals surface area contributed by atoms with Crippen molar-refractivity contribution in [2.75, 3.05) is 12.4 Å². The van der Waals surface area contributed by atoms with Crippen molar-refractivity contribution < 1.29 is 18.0 Å². The maximum atomic E-state index is 11.8. The Morgan fingerprint density at radius 3 is 2.94 bits per heavy atom. The van der Waals surface area contributed by atoms with Gasteiger partial charge in [0.05, 0.1) is 17.6 Å². The van der Waals surface area contributed by atoms with Crippen molar-refractivity contribution in [2.24, 2.45) is 0 Å². The second kappa shape index (κ2) is 5.14. The molecule has 0 radical (unpaired) electrons. The Balaban J connectivity index is 2.04. The molecule has 1 atom stereocenters. The number of hydrogen-bond donors (Lipinski definition) is 1. The molecule has 0 spiro atoms. The highest BCUT2D eigenvalue weighted by Crippen LogP contribution is 2.22. The van der Waals surface area contributed by atoms with Gasteiger partial charge in [-0.05, 0) is 12.8 Å². The zero-order valence-electron chi connectivity index (χ0n) is 9.50. The molecule has 1 aliphatic heterocycles. The summed E-state index contributed by atoms with van der Waals surface area (Å²) in [5.41, 5.74) is 0. The molecule has 17 heavy (non-hydrogen) atoms. The lowest BCUT2D eigenvalue weighted by molar-refractivity contribution is 0.292. The molecular weight excluding hydrogens is 244 g/mol. The zero-order valence-corrected chi connectivity index (χ0v) is 10.3. The lowest BCUT2D eigenvalue weighted by Crippen LogP contribution is -2.30. The molecule has 1 N–H and O–H groups in total. The van der Waals surface area contributed by atoms with Crippen molar-refractivity contribution in [1.29, 1.82) is 0 Å². The normalized spacial score (nSPS) is 23.7. The summed E-state index contributed by atoms with van der Waals surface area (Å²) in [7, 11) is -3.00. The van der Waals surface area contributed by atoms with Gasteiger partial charge in [-0.2, -0.15) is 4.98 Å². The number of sulfone groups is 1. The van der Waals surface area contributed by atoms with Gasteiger partial charge in [0.2, 0.25) is 5.89 Å². The zero-order chi connectivity index (χ0) is 12.3. The summed E-state index contributed by atoms with van der Waals surface area (Å²) in [6.07, 6.45) is 2.97. The van der Waals surface area contributed by atoms with E-state index in [9.17, 15) is 8.42 Å². The molecule has 96 valence electrons. The average molecular weight is 260 g/mol. The number of hydrogen-bond acceptors (Lipinski definition) is 6. The molecule has 1 unspecified atom stereocenters. The van der Waals surface area contributed by atoms with E-state index in [-0.39, 0.29) is 12.4 Å². The van der Waals surface area contributed by atoms with E-state index >= 15 is 0 Å². The van der Waals surface area contributed by atoms with E-state index in [1.807, 2.05) is 0 Å². The topological polar surface area (TPSA) is 93.3 Å². The van der Waals surface area contributed by atoms with Crippen molar-refractivity contribution in [3.63, 3.8) is 0 Å². The van der Waals surface area contributed by atoms with E-state index < -0.39 is 15.1 Å². The predicted molar refractivity (Wildman–Crippen MR) is 60.2 cm³/mol. The number of nitrogens with zero attached hydrogens (tertiary/aromatic N) is 2. The molecule has 0 bridgehead atoms. The highest BCUT2D eigenvalue weighted by molar-refractivity contribution is 7.92. The minimum Gasteiger partial charge on any atom is -0.396 e. The molecule has 0 saturated carbocycles. The predicted octanol–water partition coefficient (Wildman–Crippen LogP) is 0.114. The van der Waals surface area contributed by atoms with Gasteiger partial charge in [-0.25, -0.2) is 8.42 Å². The van der Waals surface area contributed by atoms with Crippen LogP contribution < -0.4 is 0 Å². The number of rotatable bonds is 4. The van der Waals surface area contributed by atoms with Crippen molar-refractivity contribution in [2.45, 2.75) is 37.4 Å². The fraction of sp³-hybridized carbons (Fsp3) is 0.800. The average Bonchev–Trinajstić information content (AvgIpc) is 2.70. The Labute approximate surface area is 99.9 Å². The first-order valence-electron chi connectivity index (χ1n) is 5.76. The Hall–Kier alpha value is -0.950. The number of aliphatic hydroxyl groups is 1. The fourth-order valence-electron chi connectivity index (χ4n) is 2.02. The first-order chi connectivity index (χ1) is 8.12. The maximum absolute atomic E-state index is 11.8. The van der Waals surface area contributed by atoms with Crippen LogP contribution in [0.4, 0.5) is 0 Å². The molecule has 2 rings (SSSR count). The summed E-state index contributed by atoms with van der Waals surface area (Å²) in [6, 6.07) is 0. The van der Waals surface area contributed by atoms with Gasteiger partial charge in [0.25, 0.3) is 0 Å². The van der Waals surface area contributed by atoms with Crippen LogP contribution in [0.3, 0.4) is 0 Å². The van der Waals surface area contributed by atoms with Gasteiger partial charge in [0.15, 0.2) is 15.7 Å². The van der Waals surface area contributed by atoms with Crippen LogP contribution >= 0.6 is 0 Å². The lowest BCUT2D eigenvalue weighted by Gasteiger charge is -2.20. The van der Waals surface area contributed by atoms with E-state index in [0.29, 0.717) is 31.0 Å². The Kier molecular flexibility index (Phi) is 3.78. The summed E-state index contributed by atoms with van der Waals surface area (Å²) >= 11 is 0. The van der Waals surface area contributed by atoms with Gasteiger partial charge in [-0.15, -0.1) is 0 Å². The van der Waals surface area contributed by atoms with Crippen LogP contribution in [-0.2, 0) is 22.7 Å². The monoisotopic (exact) mass is 260 g/mol. The smallest absolute Gasteiger partial charge is 0.227 e. The second-order valence-corrected chi connectivity index (χ2v) is 6.67. The van der Waals surface area contributed by atoms with Gasteiger partial charge >= 0.3 is 0 Å². The second-order valence-electron chi connectivity index (χ2n) is 4.27. The summed E-state index contributed by atoms with van der Waals surface area (Å²) < 4.78 is 28.6. The lowest BCUT2D eigenvalue weighted by atomic mass is 10.1. The Bertz CT molecular complexity index is 468. The molecule has 1 fully saturated rings. The van der Waals surface area contributed by atoms with Crippen LogP contribution in [0.15, 0.2) is 4.52 Å². The van der Waals surface area contributed by atoms with Gasteiger partial charge in [-0.3, -0.25) is 0 Å². The van der Waals surface area contributed by atoms with Crippen molar-refractivity contribution in [1.82, 2.24) is 10.1 Å². The minimum atomic E-state index is -3.00. The van der Waals surface area contributed by atoms with Crippen molar-refractivity contribution >= 4 is 9.84 Å². The van der Waals surface area contributed by atoms with Crippen LogP contribution in [0, 0.1) is 0 Å². The van der Waals surface area contributed by atoms with Crippen LogP contribution in [0.5, 0.6) is 0 Å². The molecule has 0 aliphatic carbocycles. The molecule has 1 aromatic rings. The van der Waals surface area contributed by atoms with Gasteiger partial charge in [0.1, 0.15) is 0 Å². The van der Waals surface area contributed by atoms with E-state index in [0.717, 1.165) is 12.8 Å². The molecule has 1 aromatic heterocycles. The first kappa shape index (κ1) is 12.5. The summed E-state index contributed by atoms with van der Waals surface area (Å²) in [5.74, 6) is 1.04. The molecular formula is C10H16N2O4S. The molecule has 0 amide bonds. The van der Waals surface area contributed by atoms with Crippen LogP contribution in [0.2, 0.25) is 0 Å². The van der Waals surface area contributed by atoms with Gasteiger partial charge in [-0.1, -0.05) is 11.6 Å². The SMILES string of the molecule is O=S1(=O)CCCCC1Cc1nc(CCO)no1. The van der Waals surface area contributed by atoms with E-state index in [1.165, 1.54) is 0 Å². The molecule has 1 saturated heterocycles. The highest BCUT2D eigenvalue weighted by atomic mass is 32.2. The fourth-order valence-corrected chi connectivity index (χ4v) is 3.88. The Morgan fingerprint density at radius 1 is 1.41 bits per heavy atom. The summed E-state index contributed by atoms with van der Waals surface area (Å²) in [4.78, 5) is 4.06. The largest absolute Gasteiger partial charge is 0.396 e. The molecule has 2 heterocycles. The van der Waals surface area contributed by atoms with Gasteiger partial charge in [0, 0.05) is 12.8 Å². The highest BCUT2D eigenvalue weighted by Gasteiger charge is 2.30. The van der Waals surface area contributed by atoms with Crippen LogP contribution in [-0.4, -0.2) is 41.3 Å². The van der Waals surface area contributed by atoms with Crippen molar-refractivity contribution in [3.8, 4) is 0 Å². The molecule has 7 heteroatoms. The number of aromatic nitrogens is 2. The maximum Gasteiger partial charge on any atom is 0.227 e. The Morgan fingerprint density at radius 2 is 2.24 bits per heavy atom.